The van der Waals surface area contributed by atoms with E-state index in [0.717, 1.165) is 4.88 Å². The summed E-state index contributed by atoms with van der Waals surface area (Å²) in [5, 5.41) is 4.84. The van der Waals surface area contributed by atoms with Crippen LogP contribution >= 0.6 is 27.3 Å². The molecule has 2 rings (SSSR count). The molecular weight excluding hydrogens is 288 g/mol. The third-order valence-electron chi connectivity index (χ3n) is 1.99. The highest BCUT2D eigenvalue weighted by Gasteiger charge is 2.05. The van der Waals surface area contributed by atoms with E-state index < -0.39 is 0 Å². The number of hydrogen-bond acceptors (Lipinski definition) is 3. The minimum atomic E-state index is -0.0866. The largest absolute Gasteiger partial charge is 0.347 e. The van der Waals surface area contributed by atoms with Crippen molar-refractivity contribution in [3.63, 3.8) is 0 Å². The predicted octanol–water partition coefficient (Wildman–Crippen LogP) is 2.84. The van der Waals surface area contributed by atoms with Crippen LogP contribution in [0.1, 0.15) is 15.2 Å². The molecule has 0 radical (unpaired) electrons. The normalized spacial score (nSPS) is 10.1. The number of pyridine rings is 1. The van der Waals surface area contributed by atoms with E-state index in [1.807, 2.05) is 17.5 Å². The molecule has 1 N–H and O–H groups in total. The first-order chi connectivity index (χ1) is 7.75. The van der Waals surface area contributed by atoms with E-state index in [2.05, 4.69) is 26.2 Å². The Morgan fingerprint density at radius 3 is 3.06 bits per heavy atom. The van der Waals surface area contributed by atoms with Crippen molar-refractivity contribution >= 4 is 33.2 Å². The average Bonchev–Trinajstić information content (AvgIpc) is 2.78. The van der Waals surface area contributed by atoms with Gasteiger partial charge in [0.15, 0.2) is 0 Å². The summed E-state index contributed by atoms with van der Waals surface area (Å²) in [6, 6.07) is 7.35. The zero-order valence-corrected chi connectivity index (χ0v) is 10.7. The van der Waals surface area contributed by atoms with Crippen molar-refractivity contribution < 1.29 is 4.79 Å². The third-order valence-corrected chi connectivity index (χ3v) is 3.30. The molecule has 0 aliphatic carbocycles. The molecule has 0 fully saturated rings. The van der Waals surface area contributed by atoms with E-state index in [1.54, 1.807) is 29.7 Å². The van der Waals surface area contributed by atoms with Gasteiger partial charge in [-0.05, 0) is 39.5 Å². The Morgan fingerprint density at radius 1 is 1.50 bits per heavy atom. The van der Waals surface area contributed by atoms with Crippen molar-refractivity contribution in [3.8, 4) is 0 Å². The second-order valence-electron chi connectivity index (χ2n) is 3.13. The highest BCUT2D eigenvalue weighted by atomic mass is 79.9. The highest BCUT2D eigenvalue weighted by molar-refractivity contribution is 9.10. The number of thiophene rings is 1. The summed E-state index contributed by atoms with van der Waals surface area (Å²) in [4.78, 5) is 16.8. The van der Waals surface area contributed by atoms with Crippen LogP contribution < -0.4 is 5.32 Å². The summed E-state index contributed by atoms with van der Waals surface area (Å²) >= 11 is 4.86. The molecule has 2 aromatic heterocycles. The van der Waals surface area contributed by atoms with Gasteiger partial charge in [0.25, 0.3) is 5.91 Å². The molecule has 82 valence electrons. The average molecular weight is 297 g/mol. The van der Waals surface area contributed by atoms with Crippen molar-refractivity contribution in [2.24, 2.45) is 0 Å². The maximum absolute atomic E-state index is 11.7. The van der Waals surface area contributed by atoms with Gasteiger partial charge >= 0.3 is 0 Å². The molecule has 0 spiro atoms. The Hall–Kier alpha value is -1.20. The summed E-state index contributed by atoms with van der Waals surface area (Å²) < 4.78 is 0.663. The maximum Gasteiger partial charge on any atom is 0.251 e. The molecule has 0 aliphatic heterocycles. The van der Waals surface area contributed by atoms with Crippen LogP contribution in [0.4, 0.5) is 0 Å². The van der Waals surface area contributed by atoms with Crippen LogP contribution in [0, 0.1) is 0 Å². The fraction of sp³-hybridized carbons (Fsp3) is 0.0909. The first-order valence-corrected chi connectivity index (χ1v) is 6.35. The fourth-order valence-electron chi connectivity index (χ4n) is 1.23. The Kier molecular flexibility index (Phi) is 3.69. The van der Waals surface area contributed by atoms with Gasteiger partial charge in [-0.25, -0.2) is 4.98 Å². The van der Waals surface area contributed by atoms with E-state index >= 15 is 0 Å². The zero-order valence-electron chi connectivity index (χ0n) is 8.31. The van der Waals surface area contributed by atoms with Crippen LogP contribution in [0.2, 0.25) is 0 Å². The molecule has 5 heteroatoms. The zero-order chi connectivity index (χ0) is 11.4. The highest BCUT2D eigenvalue weighted by Crippen LogP contribution is 2.10. The van der Waals surface area contributed by atoms with Gasteiger partial charge < -0.3 is 5.32 Å². The standard InChI is InChI=1S/C11H9BrN2OS/c12-10-6-8(3-4-13-10)11(15)14-7-9-2-1-5-16-9/h1-6H,7H2,(H,14,15). The van der Waals surface area contributed by atoms with Crippen LogP contribution in [0.15, 0.2) is 40.4 Å². The Morgan fingerprint density at radius 2 is 2.38 bits per heavy atom. The smallest absolute Gasteiger partial charge is 0.251 e. The van der Waals surface area contributed by atoms with Crippen LogP contribution in [-0.4, -0.2) is 10.9 Å². The quantitative estimate of drug-likeness (QED) is 0.885. The number of rotatable bonds is 3. The molecule has 2 heterocycles. The van der Waals surface area contributed by atoms with Gasteiger partial charge in [0.2, 0.25) is 0 Å². The van der Waals surface area contributed by atoms with Crippen molar-refractivity contribution in [2.45, 2.75) is 6.54 Å². The Balaban J connectivity index is 1.98. The fourth-order valence-corrected chi connectivity index (χ4v) is 2.24. The second-order valence-corrected chi connectivity index (χ2v) is 4.97. The van der Waals surface area contributed by atoms with E-state index in [4.69, 9.17) is 0 Å². The first kappa shape index (κ1) is 11.3. The molecule has 0 unspecified atom stereocenters. The van der Waals surface area contributed by atoms with Crippen molar-refractivity contribution in [1.29, 1.82) is 0 Å². The molecule has 16 heavy (non-hydrogen) atoms. The van der Waals surface area contributed by atoms with Gasteiger partial charge in [0.1, 0.15) is 4.60 Å². The van der Waals surface area contributed by atoms with Crippen molar-refractivity contribution in [1.82, 2.24) is 10.3 Å². The lowest BCUT2D eigenvalue weighted by atomic mass is 10.2. The Labute approximate surface area is 106 Å². The van der Waals surface area contributed by atoms with Crippen molar-refractivity contribution in [3.05, 3.63) is 50.9 Å². The maximum atomic E-state index is 11.7. The lowest BCUT2D eigenvalue weighted by Gasteiger charge is -2.03. The second kappa shape index (κ2) is 5.23. The lowest BCUT2D eigenvalue weighted by Crippen LogP contribution is -2.22. The summed E-state index contributed by atoms with van der Waals surface area (Å²) in [5.41, 5.74) is 0.610. The van der Waals surface area contributed by atoms with E-state index in [0.29, 0.717) is 16.7 Å². The molecule has 1 amide bonds. The summed E-state index contributed by atoms with van der Waals surface area (Å²) in [6.45, 7) is 0.566. The number of nitrogens with one attached hydrogen (secondary N) is 1. The number of carbonyl (C=O) groups excluding carboxylic acids is 1. The molecule has 0 saturated heterocycles. The van der Waals surface area contributed by atoms with Gasteiger partial charge in [-0.1, -0.05) is 6.07 Å². The van der Waals surface area contributed by atoms with Gasteiger partial charge in [-0.3, -0.25) is 4.79 Å². The third kappa shape index (κ3) is 2.90. The van der Waals surface area contributed by atoms with Gasteiger partial charge in [-0.2, -0.15) is 0 Å². The SMILES string of the molecule is O=C(NCc1cccs1)c1ccnc(Br)c1. The monoisotopic (exact) mass is 296 g/mol. The molecule has 0 bridgehead atoms. The summed E-state index contributed by atoms with van der Waals surface area (Å²) in [5.74, 6) is -0.0866. The number of carbonyl (C=O) groups is 1. The van der Waals surface area contributed by atoms with Crippen LogP contribution in [0.5, 0.6) is 0 Å². The number of amides is 1. The van der Waals surface area contributed by atoms with Crippen LogP contribution in [0.3, 0.4) is 0 Å². The number of halogens is 1. The number of hydrogen-bond donors (Lipinski definition) is 1. The van der Waals surface area contributed by atoms with E-state index in [-0.39, 0.29) is 5.91 Å². The molecule has 2 aromatic rings. The predicted molar refractivity (Wildman–Crippen MR) is 67.4 cm³/mol. The molecule has 0 aromatic carbocycles. The summed E-state index contributed by atoms with van der Waals surface area (Å²) in [7, 11) is 0. The molecule has 0 saturated carbocycles. The van der Waals surface area contributed by atoms with Crippen molar-refractivity contribution in [2.75, 3.05) is 0 Å². The molecular formula is C11H9BrN2OS. The Bertz CT molecular complexity index is 484. The topological polar surface area (TPSA) is 42.0 Å². The minimum absolute atomic E-state index is 0.0866. The van der Waals surface area contributed by atoms with Crippen LogP contribution in [-0.2, 0) is 6.54 Å². The lowest BCUT2D eigenvalue weighted by molar-refractivity contribution is 0.0951. The molecule has 0 aliphatic rings. The van der Waals surface area contributed by atoms with E-state index in [1.165, 1.54) is 0 Å². The van der Waals surface area contributed by atoms with Crippen LogP contribution in [0.25, 0.3) is 0 Å². The first-order valence-electron chi connectivity index (χ1n) is 4.68. The summed E-state index contributed by atoms with van der Waals surface area (Å²) in [6.07, 6.45) is 1.60. The number of aromatic nitrogens is 1. The molecule has 3 nitrogen and oxygen atoms in total. The minimum Gasteiger partial charge on any atom is -0.347 e. The number of nitrogens with zero attached hydrogens (tertiary/aromatic N) is 1. The van der Waals surface area contributed by atoms with Gasteiger partial charge in [0.05, 0.1) is 6.54 Å². The van der Waals surface area contributed by atoms with Gasteiger partial charge in [-0.15, -0.1) is 11.3 Å². The molecule has 0 atom stereocenters. The van der Waals surface area contributed by atoms with Gasteiger partial charge in [0, 0.05) is 16.6 Å². The van der Waals surface area contributed by atoms with E-state index in [9.17, 15) is 4.79 Å².